The van der Waals surface area contributed by atoms with Crippen LogP contribution in [0.2, 0.25) is 0 Å². The molecule has 104 valence electrons. The third-order valence-corrected chi connectivity index (χ3v) is 1.92. The molecule has 0 spiro atoms. The van der Waals surface area contributed by atoms with Gasteiger partial charge >= 0.3 is 23.9 Å². The fourth-order valence-electron chi connectivity index (χ4n) is 0.840. The van der Waals surface area contributed by atoms with Gasteiger partial charge in [-0.05, 0) is 6.42 Å². The maximum atomic E-state index is 12.5. The predicted octanol–water partition coefficient (Wildman–Crippen LogP) is 4.20. The fourth-order valence-corrected chi connectivity index (χ4v) is 0.840. The zero-order chi connectivity index (χ0) is 14.3. The summed E-state index contributed by atoms with van der Waals surface area (Å²) in [5, 5.41) is 0. The molecule has 10 heteroatoms. The Morgan fingerprint density at radius 2 is 1.12 bits per heavy atom. The largest absolute Gasteiger partial charge is 0.460 e. The smallest absolute Gasteiger partial charge is 0.241 e. The molecule has 0 nitrogen and oxygen atoms in total. The maximum absolute atomic E-state index is 12.5. The quantitative estimate of drug-likeness (QED) is 0.677. The van der Waals surface area contributed by atoms with Crippen molar-refractivity contribution < 1.29 is 43.9 Å². The lowest BCUT2D eigenvalue weighted by Crippen LogP contribution is -2.63. The molecule has 0 aromatic rings. The second-order valence-electron chi connectivity index (χ2n) is 3.15. The summed E-state index contributed by atoms with van der Waals surface area (Å²) in [6.45, 7) is 0.598. The van der Waals surface area contributed by atoms with E-state index in [1.54, 1.807) is 0 Å². The van der Waals surface area contributed by atoms with E-state index >= 15 is 0 Å². The first-order valence-electron chi connectivity index (χ1n) is 4.07. The molecule has 17 heavy (non-hydrogen) atoms. The SMILES string of the molecule is CC[C@H](F)C(F)(F)C(F)(F)C(F)(F)C(F)(F)F. The Hall–Kier alpha value is -0.700. The molecule has 0 aliphatic carbocycles. The topological polar surface area (TPSA) is 0 Å². The molecular formula is C7H6F10. The normalized spacial score (nSPS) is 17.1. The summed E-state index contributed by atoms with van der Waals surface area (Å²) in [6, 6.07) is 0. The average Bonchev–Trinajstić information content (AvgIpc) is 2.13. The summed E-state index contributed by atoms with van der Waals surface area (Å²) >= 11 is 0. The Bertz CT molecular complexity index is 264. The molecule has 1 atom stereocenters. The van der Waals surface area contributed by atoms with Gasteiger partial charge in [-0.15, -0.1) is 0 Å². The molecule has 0 amide bonds. The summed E-state index contributed by atoms with van der Waals surface area (Å²) in [5.74, 6) is -20.0. The fraction of sp³-hybridized carbons (Fsp3) is 1.00. The Morgan fingerprint density at radius 1 is 0.765 bits per heavy atom. The minimum Gasteiger partial charge on any atom is -0.241 e. The van der Waals surface area contributed by atoms with Crippen LogP contribution in [0, 0.1) is 0 Å². The van der Waals surface area contributed by atoms with Gasteiger partial charge in [0.2, 0.25) is 0 Å². The van der Waals surface area contributed by atoms with Crippen LogP contribution in [0.25, 0.3) is 0 Å². The Morgan fingerprint density at radius 3 is 1.35 bits per heavy atom. The van der Waals surface area contributed by atoms with Gasteiger partial charge in [-0.25, -0.2) is 4.39 Å². The van der Waals surface area contributed by atoms with Crippen LogP contribution < -0.4 is 0 Å². The number of alkyl halides is 10. The second kappa shape index (κ2) is 4.20. The van der Waals surface area contributed by atoms with Gasteiger partial charge in [0.05, 0.1) is 0 Å². The molecule has 0 radical (unpaired) electrons. The molecule has 0 aliphatic heterocycles. The first-order valence-corrected chi connectivity index (χ1v) is 4.07. The maximum Gasteiger partial charge on any atom is 0.460 e. The van der Waals surface area contributed by atoms with E-state index < -0.39 is 36.5 Å². The Labute approximate surface area is 88.6 Å². The highest BCUT2D eigenvalue weighted by molar-refractivity contribution is 5.03. The molecule has 0 aliphatic rings. The lowest BCUT2D eigenvalue weighted by molar-refractivity contribution is -0.402. The highest BCUT2D eigenvalue weighted by atomic mass is 19.4. The molecule has 0 N–H and O–H groups in total. The highest BCUT2D eigenvalue weighted by Gasteiger charge is 2.83. The minimum absolute atomic E-state index is 0.598. The molecule has 0 saturated carbocycles. The van der Waals surface area contributed by atoms with Crippen molar-refractivity contribution >= 4 is 0 Å². The summed E-state index contributed by atoms with van der Waals surface area (Å²) in [5.41, 5.74) is 0. The van der Waals surface area contributed by atoms with E-state index in [0.717, 1.165) is 0 Å². The van der Waals surface area contributed by atoms with Gasteiger partial charge in [-0.3, -0.25) is 0 Å². The van der Waals surface area contributed by atoms with Gasteiger partial charge in [0.1, 0.15) is 0 Å². The summed E-state index contributed by atoms with van der Waals surface area (Å²) < 4.78 is 121. The van der Waals surface area contributed by atoms with Crippen molar-refractivity contribution in [1.29, 1.82) is 0 Å². The third kappa shape index (κ3) is 2.30. The number of rotatable bonds is 4. The summed E-state index contributed by atoms with van der Waals surface area (Å²) in [6.07, 6.45) is -12.1. The molecule has 0 unspecified atom stereocenters. The minimum atomic E-state index is -7.02. The van der Waals surface area contributed by atoms with Crippen LogP contribution in [-0.2, 0) is 0 Å². The molecule has 0 saturated heterocycles. The van der Waals surface area contributed by atoms with Crippen molar-refractivity contribution in [3.63, 3.8) is 0 Å². The number of halogens is 10. The Kier molecular flexibility index (Phi) is 4.03. The van der Waals surface area contributed by atoms with E-state index in [1.807, 2.05) is 0 Å². The molecule has 0 aromatic carbocycles. The van der Waals surface area contributed by atoms with Gasteiger partial charge in [-0.2, -0.15) is 39.5 Å². The molecule has 0 rings (SSSR count). The van der Waals surface area contributed by atoms with Crippen LogP contribution in [0.3, 0.4) is 0 Å². The van der Waals surface area contributed by atoms with Gasteiger partial charge in [0, 0.05) is 0 Å². The van der Waals surface area contributed by atoms with Crippen LogP contribution in [0.1, 0.15) is 13.3 Å². The summed E-state index contributed by atoms with van der Waals surface area (Å²) in [7, 11) is 0. The van der Waals surface area contributed by atoms with E-state index in [2.05, 4.69) is 0 Å². The zero-order valence-corrected chi connectivity index (χ0v) is 8.06. The molecule has 0 fully saturated rings. The van der Waals surface area contributed by atoms with Crippen LogP contribution in [-0.4, -0.2) is 30.1 Å². The van der Waals surface area contributed by atoms with Crippen molar-refractivity contribution in [1.82, 2.24) is 0 Å². The zero-order valence-electron chi connectivity index (χ0n) is 8.06. The van der Waals surface area contributed by atoms with E-state index in [1.165, 1.54) is 0 Å². The van der Waals surface area contributed by atoms with E-state index in [-0.39, 0.29) is 0 Å². The van der Waals surface area contributed by atoms with Gasteiger partial charge in [-0.1, -0.05) is 6.92 Å². The predicted molar refractivity (Wildman–Crippen MR) is 36.1 cm³/mol. The lowest BCUT2D eigenvalue weighted by atomic mass is 9.98. The Balaban J connectivity index is 5.55. The molecule has 0 bridgehead atoms. The van der Waals surface area contributed by atoms with E-state index in [0.29, 0.717) is 6.92 Å². The van der Waals surface area contributed by atoms with Crippen LogP contribution in [0.5, 0.6) is 0 Å². The molecule has 0 aromatic heterocycles. The van der Waals surface area contributed by atoms with Crippen molar-refractivity contribution in [2.24, 2.45) is 0 Å². The van der Waals surface area contributed by atoms with E-state index in [9.17, 15) is 43.9 Å². The van der Waals surface area contributed by atoms with Crippen LogP contribution >= 0.6 is 0 Å². The van der Waals surface area contributed by atoms with Crippen molar-refractivity contribution in [2.75, 3.05) is 0 Å². The number of hydrogen-bond donors (Lipinski definition) is 0. The van der Waals surface area contributed by atoms with Gasteiger partial charge in [0.15, 0.2) is 6.17 Å². The van der Waals surface area contributed by atoms with Crippen molar-refractivity contribution in [2.45, 2.75) is 43.5 Å². The van der Waals surface area contributed by atoms with Crippen LogP contribution in [0.15, 0.2) is 0 Å². The van der Waals surface area contributed by atoms with Gasteiger partial charge < -0.3 is 0 Å². The highest BCUT2D eigenvalue weighted by Crippen LogP contribution is 2.54. The van der Waals surface area contributed by atoms with Crippen molar-refractivity contribution in [3.05, 3.63) is 0 Å². The summed E-state index contributed by atoms with van der Waals surface area (Å²) in [4.78, 5) is 0. The average molecular weight is 280 g/mol. The first-order chi connectivity index (χ1) is 7.23. The third-order valence-electron chi connectivity index (χ3n) is 1.92. The standard InChI is InChI=1S/C7H6F10/c1-2-3(8)4(9,10)5(11,12)6(13,14)7(15,16)17/h3H,2H2,1H3/t3-/m0/s1. The second-order valence-corrected chi connectivity index (χ2v) is 3.15. The number of hydrogen-bond acceptors (Lipinski definition) is 0. The molecule has 0 heterocycles. The van der Waals surface area contributed by atoms with E-state index in [4.69, 9.17) is 0 Å². The van der Waals surface area contributed by atoms with Crippen molar-refractivity contribution in [3.8, 4) is 0 Å². The first kappa shape index (κ1) is 16.3. The van der Waals surface area contributed by atoms with Crippen LogP contribution in [0.4, 0.5) is 43.9 Å². The monoisotopic (exact) mass is 280 g/mol. The van der Waals surface area contributed by atoms with Gasteiger partial charge in [0.25, 0.3) is 0 Å². The molecular weight excluding hydrogens is 274 g/mol. The lowest BCUT2D eigenvalue weighted by Gasteiger charge is -2.34.